The van der Waals surface area contributed by atoms with Crippen LogP contribution in [0.15, 0.2) is 30.3 Å². The van der Waals surface area contributed by atoms with Crippen LogP contribution in [0.4, 0.5) is 5.69 Å². The van der Waals surface area contributed by atoms with E-state index in [-0.39, 0.29) is 5.92 Å². The Morgan fingerprint density at radius 3 is 1.81 bits per heavy atom. The van der Waals surface area contributed by atoms with Crippen molar-refractivity contribution in [3.05, 3.63) is 41.5 Å². The maximum absolute atomic E-state index is 10.4. The summed E-state index contributed by atoms with van der Waals surface area (Å²) in [5, 5.41) is 0. The first-order chi connectivity index (χ1) is 15.2. The summed E-state index contributed by atoms with van der Waals surface area (Å²) in [5.41, 5.74) is 18.8. The molecule has 8 nitrogen and oxygen atoms in total. The molecule has 176 valence electrons. The number of methoxy groups -OCH3 is 4. The molecule has 0 saturated carbocycles. The number of hydrogen-bond donors (Lipinski definition) is 3. The van der Waals surface area contributed by atoms with E-state index in [9.17, 15) is 4.79 Å². The van der Waals surface area contributed by atoms with Crippen LogP contribution in [0.1, 0.15) is 31.4 Å². The molecule has 0 spiro atoms. The fourth-order valence-corrected chi connectivity index (χ4v) is 2.78. The summed E-state index contributed by atoms with van der Waals surface area (Å²) in [5.74, 6) is 2.24. The highest BCUT2D eigenvalue weighted by Gasteiger charge is 2.15. The highest BCUT2D eigenvalue weighted by atomic mass is 16.5. The fourth-order valence-electron chi connectivity index (χ4n) is 2.78. The number of nitrogens with two attached hydrogens (primary N) is 3. The lowest BCUT2D eigenvalue weighted by Gasteiger charge is -2.13. The number of ether oxygens (including phenoxy) is 4. The smallest absolute Gasteiger partial charge is 0.234 e. The molecule has 0 radical (unpaired) electrons. The molecule has 0 heterocycles. The van der Waals surface area contributed by atoms with E-state index in [1.54, 1.807) is 28.4 Å². The van der Waals surface area contributed by atoms with Crippen molar-refractivity contribution in [1.29, 1.82) is 0 Å². The van der Waals surface area contributed by atoms with E-state index in [1.807, 2.05) is 56.3 Å². The van der Waals surface area contributed by atoms with E-state index in [0.29, 0.717) is 28.7 Å². The first-order valence-corrected chi connectivity index (χ1v) is 10.2. The van der Waals surface area contributed by atoms with Crippen molar-refractivity contribution < 1.29 is 23.7 Å². The van der Waals surface area contributed by atoms with Gasteiger partial charge >= 0.3 is 0 Å². The van der Waals surface area contributed by atoms with Gasteiger partial charge in [-0.2, -0.15) is 0 Å². The molecule has 32 heavy (non-hydrogen) atoms. The summed E-state index contributed by atoms with van der Waals surface area (Å²) in [6, 6.07) is 8.91. The SMILES string of the molecule is CC[C@H](C)[C@H](N)C(N)=O.COc1ccc(/C=C\c2cc(OC)c(OC)c(OC)c2)cc1N. The zero-order chi connectivity index (χ0) is 24.3. The standard InChI is InChI=1S/C18H21NO4.C6H14N2O/c1-20-15-8-7-12(9-14(15)19)5-6-13-10-16(21-2)18(23-4)17(11-13)22-3;1-3-4(2)5(7)6(8)9/h5-11H,19H2,1-4H3;4-5H,3,7H2,1-2H3,(H2,8,9)/b6-5-;/t;4-,5-/m.0/s1. The van der Waals surface area contributed by atoms with Crippen LogP contribution < -0.4 is 36.1 Å². The minimum Gasteiger partial charge on any atom is -0.495 e. The molecular formula is C24H35N3O5. The number of amides is 1. The summed E-state index contributed by atoms with van der Waals surface area (Å²) in [7, 11) is 6.36. The summed E-state index contributed by atoms with van der Waals surface area (Å²) in [4.78, 5) is 10.4. The quantitative estimate of drug-likeness (QED) is 0.398. The second-order valence-corrected chi connectivity index (χ2v) is 7.11. The van der Waals surface area contributed by atoms with Gasteiger partial charge in [0, 0.05) is 0 Å². The molecule has 0 aliphatic rings. The Morgan fingerprint density at radius 1 is 0.906 bits per heavy atom. The van der Waals surface area contributed by atoms with Crippen LogP contribution in [0.2, 0.25) is 0 Å². The van der Waals surface area contributed by atoms with Gasteiger partial charge in [0.25, 0.3) is 0 Å². The molecule has 1 amide bonds. The van der Waals surface area contributed by atoms with Gasteiger partial charge < -0.3 is 36.1 Å². The lowest BCUT2D eigenvalue weighted by molar-refractivity contribution is -0.120. The van der Waals surface area contributed by atoms with E-state index >= 15 is 0 Å². The zero-order valence-corrected chi connectivity index (χ0v) is 19.7. The van der Waals surface area contributed by atoms with Crippen molar-refractivity contribution in [3.63, 3.8) is 0 Å². The van der Waals surface area contributed by atoms with Crippen molar-refractivity contribution in [3.8, 4) is 23.0 Å². The van der Waals surface area contributed by atoms with Crippen LogP contribution in [0.5, 0.6) is 23.0 Å². The third-order valence-corrected chi connectivity index (χ3v) is 4.99. The minimum atomic E-state index is -0.477. The molecule has 2 rings (SSSR count). The van der Waals surface area contributed by atoms with Gasteiger partial charge in [0.15, 0.2) is 11.5 Å². The molecule has 0 unspecified atom stereocenters. The van der Waals surface area contributed by atoms with E-state index in [0.717, 1.165) is 17.5 Å². The Bertz CT molecular complexity index is 889. The molecule has 6 N–H and O–H groups in total. The monoisotopic (exact) mass is 445 g/mol. The summed E-state index contributed by atoms with van der Waals surface area (Å²) in [6.45, 7) is 3.89. The van der Waals surface area contributed by atoms with Gasteiger partial charge in [0.2, 0.25) is 11.7 Å². The Morgan fingerprint density at radius 2 is 1.44 bits per heavy atom. The van der Waals surface area contributed by atoms with Crippen molar-refractivity contribution in [2.24, 2.45) is 17.4 Å². The third kappa shape index (κ3) is 7.39. The minimum absolute atomic E-state index is 0.197. The van der Waals surface area contributed by atoms with Crippen molar-refractivity contribution >= 4 is 23.7 Å². The molecule has 0 aliphatic carbocycles. The molecule has 8 heteroatoms. The van der Waals surface area contributed by atoms with Crippen LogP contribution >= 0.6 is 0 Å². The number of nitrogen functional groups attached to an aromatic ring is 1. The Hall–Kier alpha value is -3.39. The highest BCUT2D eigenvalue weighted by Crippen LogP contribution is 2.38. The van der Waals surface area contributed by atoms with Crippen molar-refractivity contribution in [2.75, 3.05) is 34.2 Å². The van der Waals surface area contributed by atoms with Crippen LogP contribution in [-0.4, -0.2) is 40.4 Å². The van der Waals surface area contributed by atoms with Gasteiger partial charge in [-0.3, -0.25) is 4.79 Å². The highest BCUT2D eigenvalue weighted by molar-refractivity contribution is 5.79. The molecule has 0 bridgehead atoms. The fraction of sp³-hybridized carbons (Fsp3) is 0.375. The van der Waals surface area contributed by atoms with Gasteiger partial charge in [0.05, 0.1) is 40.2 Å². The molecule has 0 aliphatic heterocycles. The van der Waals surface area contributed by atoms with E-state index in [4.69, 9.17) is 36.1 Å². The topological polar surface area (TPSA) is 132 Å². The maximum Gasteiger partial charge on any atom is 0.234 e. The van der Waals surface area contributed by atoms with E-state index in [2.05, 4.69) is 0 Å². The third-order valence-electron chi connectivity index (χ3n) is 4.99. The van der Waals surface area contributed by atoms with Gasteiger partial charge in [-0.1, -0.05) is 38.5 Å². The Kier molecular flexibility index (Phi) is 10.9. The van der Waals surface area contributed by atoms with Gasteiger partial charge in [-0.15, -0.1) is 0 Å². The number of primary amides is 1. The van der Waals surface area contributed by atoms with Crippen molar-refractivity contribution in [1.82, 2.24) is 0 Å². The molecule has 2 aromatic carbocycles. The van der Waals surface area contributed by atoms with Crippen LogP contribution in [0.25, 0.3) is 12.2 Å². The normalized spacial score (nSPS) is 12.3. The first kappa shape index (κ1) is 26.6. The summed E-state index contributed by atoms with van der Waals surface area (Å²) in [6.07, 6.45) is 4.80. The molecule has 2 atom stereocenters. The number of carbonyl (C=O) groups excluding carboxylic acids is 1. The second-order valence-electron chi connectivity index (χ2n) is 7.11. The number of hydrogen-bond acceptors (Lipinski definition) is 7. The number of rotatable bonds is 9. The van der Waals surface area contributed by atoms with Crippen molar-refractivity contribution in [2.45, 2.75) is 26.3 Å². The molecule has 2 aromatic rings. The van der Waals surface area contributed by atoms with Gasteiger partial charge in [-0.25, -0.2) is 0 Å². The lowest BCUT2D eigenvalue weighted by Crippen LogP contribution is -2.41. The number of carbonyl (C=O) groups is 1. The Labute approximate surface area is 190 Å². The van der Waals surface area contributed by atoms with E-state index < -0.39 is 11.9 Å². The Balaban J connectivity index is 0.000000482. The van der Waals surface area contributed by atoms with Crippen LogP contribution in [0.3, 0.4) is 0 Å². The summed E-state index contributed by atoms with van der Waals surface area (Å²) >= 11 is 0. The average molecular weight is 446 g/mol. The molecule has 0 fully saturated rings. The second kappa shape index (κ2) is 13.1. The zero-order valence-electron chi connectivity index (χ0n) is 19.7. The number of benzene rings is 2. The van der Waals surface area contributed by atoms with Gasteiger partial charge in [0.1, 0.15) is 5.75 Å². The first-order valence-electron chi connectivity index (χ1n) is 10.2. The van der Waals surface area contributed by atoms with Crippen LogP contribution in [-0.2, 0) is 4.79 Å². The van der Waals surface area contributed by atoms with Gasteiger partial charge in [-0.05, 0) is 41.3 Å². The predicted octanol–water partition coefficient (Wildman–Crippen LogP) is 3.32. The van der Waals surface area contributed by atoms with E-state index in [1.165, 1.54) is 0 Å². The molecular weight excluding hydrogens is 410 g/mol. The lowest BCUT2D eigenvalue weighted by atomic mass is 10.00. The number of anilines is 1. The maximum atomic E-state index is 10.4. The predicted molar refractivity (Wildman–Crippen MR) is 129 cm³/mol. The molecule has 0 saturated heterocycles. The van der Waals surface area contributed by atoms with Crippen LogP contribution in [0, 0.1) is 5.92 Å². The average Bonchev–Trinajstić information content (AvgIpc) is 2.81. The molecule has 0 aromatic heterocycles. The summed E-state index contributed by atoms with van der Waals surface area (Å²) < 4.78 is 21.2. The largest absolute Gasteiger partial charge is 0.495 e.